The second-order valence-electron chi connectivity index (χ2n) is 10.8. The van der Waals surface area contributed by atoms with Crippen molar-refractivity contribution in [3.63, 3.8) is 0 Å². The molecule has 0 bridgehead atoms. The van der Waals surface area contributed by atoms with Gasteiger partial charge in [-0.1, -0.05) is 67.2 Å². The minimum absolute atomic E-state index is 0.0720. The highest BCUT2D eigenvalue weighted by Gasteiger charge is 2.38. The highest BCUT2D eigenvalue weighted by atomic mass is 32.2. The summed E-state index contributed by atoms with van der Waals surface area (Å²) in [6.45, 7) is 4.36. The predicted octanol–water partition coefficient (Wildman–Crippen LogP) is 5.48. The van der Waals surface area contributed by atoms with Gasteiger partial charge in [-0.05, 0) is 57.0 Å². The minimum Gasteiger partial charge on any atom is -0.373 e. The van der Waals surface area contributed by atoms with Gasteiger partial charge < -0.3 is 4.74 Å². The second-order valence-corrected chi connectivity index (χ2v) is 14.4. The number of morpholine rings is 1. The van der Waals surface area contributed by atoms with Crippen LogP contribution in [-0.4, -0.2) is 69.0 Å². The van der Waals surface area contributed by atoms with Crippen LogP contribution in [0.4, 0.5) is 0 Å². The summed E-state index contributed by atoms with van der Waals surface area (Å²) in [4.78, 5) is 16.0. The molecule has 2 unspecified atom stereocenters. The molecule has 3 heterocycles. The Morgan fingerprint density at radius 2 is 1.73 bits per heavy atom. The number of benzene rings is 2. The lowest BCUT2D eigenvalue weighted by molar-refractivity contribution is -0.123. The third kappa shape index (κ3) is 5.65. The third-order valence-corrected chi connectivity index (χ3v) is 10.9. The van der Waals surface area contributed by atoms with E-state index in [4.69, 9.17) is 22.1 Å². The highest BCUT2D eigenvalue weighted by molar-refractivity contribution is 8.26. The number of carbonyl (C=O) groups excluding carboxylic acids is 1. The predicted molar refractivity (Wildman–Crippen MR) is 165 cm³/mol. The van der Waals surface area contributed by atoms with Gasteiger partial charge in [0.15, 0.2) is 0 Å². The van der Waals surface area contributed by atoms with Crippen LogP contribution in [0.2, 0.25) is 0 Å². The molecule has 1 aromatic heterocycles. The molecule has 2 atom stereocenters. The summed E-state index contributed by atoms with van der Waals surface area (Å²) in [5.41, 5.74) is 2.80. The average Bonchev–Trinajstić information content (AvgIpc) is 3.69. The topological polar surface area (TPSA) is 84.7 Å². The first-order valence-electron chi connectivity index (χ1n) is 13.9. The smallest absolute Gasteiger partial charge is 0.266 e. The maximum absolute atomic E-state index is 13.7. The van der Waals surface area contributed by atoms with Gasteiger partial charge in [-0.25, -0.2) is 13.1 Å². The second kappa shape index (κ2) is 11.4. The largest absolute Gasteiger partial charge is 0.373 e. The van der Waals surface area contributed by atoms with Crippen LogP contribution in [0.15, 0.2) is 70.6 Å². The number of aromatic nitrogens is 2. The zero-order valence-corrected chi connectivity index (χ0v) is 25.4. The first kappa shape index (κ1) is 28.3. The molecular weight excluding hydrogens is 577 g/mol. The summed E-state index contributed by atoms with van der Waals surface area (Å²) in [5, 5.41) is 4.87. The number of thioether (sulfide) groups is 1. The van der Waals surface area contributed by atoms with E-state index in [0.717, 1.165) is 31.4 Å². The lowest BCUT2D eigenvalue weighted by atomic mass is 10.1. The van der Waals surface area contributed by atoms with Gasteiger partial charge in [-0.3, -0.25) is 9.69 Å². The van der Waals surface area contributed by atoms with Crippen molar-refractivity contribution >= 4 is 50.3 Å². The fraction of sp³-hybridized carbons (Fsp3) is 0.367. The van der Waals surface area contributed by atoms with Crippen molar-refractivity contribution in [2.75, 3.05) is 13.1 Å². The van der Waals surface area contributed by atoms with E-state index in [1.165, 1.54) is 16.1 Å². The Kier molecular flexibility index (Phi) is 7.90. The van der Waals surface area contributed by atoms with Crippen molar-refractivity contribution in [1.82, 2.24) is 19.0 Å². The fourth-order valence-electron chi connectivity index (χ4n) is 5.81. The number of rotatable bonds is 6. The molecule has 3 fully saturated rings. The number of ether oxygens (including phenoxy) is 1. The maximum atomic E-state index is 13.7. The maximum Gasteiger partial charge on any atom is 0.266 e. The number of carbonyl (C=O) groups is 1. The van der Waals surface area contributed by atoms with Crippen molar-refractivity contribution < 1.29 is 17.9 Å². The third-order valence-electron chi connectivity index (χ3n) is 7.69. The van der Waals surface area contributed by atoms with Crippen molar-refractivity contribution in [3.8, 4) is 16.9 Å². The van der Waals surface area contributed by atoms with Crippen LogP contribution in [0.5, 0.6) is 0 Å². The Labute approximate surface area is 250 Å². The summed E-state index contributed by atoms with van der Waals surface area (Å²) < 4.78 is 36.9. The number of amides is 1. The molecule has 1 aliphatic carbocycles. The monoisotopic (exact) mass is 608 g/mol. The Morgan fingerprint density at radius 3 is 2.44 bits per heavy atom. The molecule has 2 aliphatic heterocycles. The number of nitrogens with zero attached hydrogens (tertiary/aromatic N) is 4. The zero-order chi connectivity index (χ0) is 28.7. The summed E-state index contributed by atoms with van der Waals surface area (Å²) in [6.07, 6.45) is 7.49. The number of thiocarbonyl (C=S) groups is 1. The standard InChI is InChI=1S/C30H32N4O4S3/c1-20-17-32(18-21(2)38-20)41(36,37)26-14-8-9-22(15-26)28-23(19-33(31-28)24-10-4-3-5-11-24)16-27-29(35)34(30(39)40-27)25-12-6-7-13-25/h3-5,8-11,14-16,19-21,25H,6-7,12-13,17-18H2,1-2H3. The summed E-state index contributed by atoms with van der Waals surface area (Å²) in [5.74, 6) is -0.0720. The molecule has 0 radical (unpaired) electrons. The van der Waals surface area contributed by atoms with Crippen LogP contribution in [0.25, 0.3) is 23.0 Å². The van der Waals surface area contributed by atoms with Crippen LogP contribution in [0.3, 0.4) is 0 Å². The van der Waals surface area contributed by atoms with Gasteiger partial charge in [0.05, 0.1) is 27.7 Å². The Balaban J connectivity index is 1.40. The van der Waals surface area contributed by atoms with Gasteiger partial charge >= 0.3 is 0 Å². The quantitative estimate of drug-likeness (QED) is 0.271. The van der Waals surface area contributed by atoms with E-state index in [1.54, 1.807) is 27.8 Å². The van der Waals surface area contributed by atoms with E-state index in [9.17, 15) is 13.2 Å². The van der Waals surface area contributed by atoms with Gasteiger partial charge in [0, 0.05) is 36.5 Å². The molecular formula is C30H32N4O4S3. The summed E-state index contributed by atoms with van der Waals surface area (Å²) in [6, 6.07) is 16.7. The number of hydrogen-bond donors (Lipinski definition) is 0. The Bertz CT molecular complexity index is 1600. The van der Waals surface area contributed by atoms with E-state index < -0.39 is 10.0 Å². The number of sulfonamides is 1. The average molecular weight is 609 g/mol. The van der Waals surface area contributed by atoms with Crippen molar-refractivity contribution in [2.45, 2.75) is 62.7 Å². The number of para-hydroxylation sites is 1. The first-order chi connectivity index (χ1) is 19.7. The van der Waals surface area contributed by atoms with Crippen LogP contribution in [0, 0.1) is 0 Å². The van der Waals surface area contributed by atoms with Crippen molar-refractivity contribution in [3.05, 3.63) is 71.3 Å². The molecule has 41 heavy (non-hydrogen) atoms. The van der Waals surface area contributed by atoms with Crippen LogP contribution >= 0.6 is 24.0 Å². The van der Waals surface area contributed by atoms with Gasteiger partial charge in [0.1, 0.15) is 10.0 Å². The first-order valence-corrected chi connectivity index (χ1v) is 16.6. The van der Waals surface area contributed by atoms with Gasteiger partial charge in [-0.15, -0.1) is 0 Å². The van der Waals surface area contributed by atoms with E-state index >= 15 is 0 Å². The number of hydrogen-bond acceptors (Lipinski definition) is 7. The van der Waals surface area contributed by atoms with E-state index in [-0.39, 0.29) is 29.1 Å². The van der Waals surface area contributed by atoms with Crippen LogP contribution < -0.4 is 0 Å². The molecule has 11 heteroatoms. The minimum atomic E-state index is -3.75. The van der Waals surface area contributed by atoms with Gasteiger partial charge in [0.2, 0.25) is 10.0 Å². The van der Waals surface area contributed by atoms with Crippen LogP contribution in [-0.2, 0) is 19.6 Å². The Morgan fingerprint density at radius 1 is 1.02 bits per heavy atom. The highest BCUT2D eigenvalue weighted by Crippen LogP contribution is 2.39. The van der Waals surface area contributed by atoms with E-state index in [0.29, 0.717) is 39.1 Å². The van der Waals surface area contributed by atoms with Gasteiger partial charge in [0.25, 0.3) is 5.91 Å². The molecule has 8 nitrogen and oxygen atoms in total. The molecule has 0 N–H and O–H groups in total. The van der Waals surface area contributed by atoms with Gasteiger partial charge in [-0.2, -0.15) is 9.40 Å². The van der Waals surface area contributed by atoms with E-state index in [1.807, 2.05) is 62.5 Å². The molecule has 2 saturated heterocycles. The SMILES string of the molecule is CC1CN(S(=O)(=O)c2cccc(-c3nn(-c4ccccc4)cc3C=C3SC(=S)N(C4CCCC4)C3=O)c2)CC(C)O1. The molecule has 1 saturated carbocycles. The lowest BCUT2D eigenvalue weighted by Gasteiger charge is -2.34. The zero-order valence-electron chi connectivity index (χ0n) is 23.0. The van der Waals surface area contributed by atoms with Crippen molar-refractivity contribution in [1.29, 1.82) is 0 Å². The normalized spacial score (nSPS) is 23.7. The molecule has 0 spiro atoms. The van der Waals surface area contributed by atoms with E-state index in [2.05, 4.69) is 0 Å². The molecule has 6 rings (SSSR count). The van der Waals surface area contributed by atoms with Crippen LogP contribution in [0.1, 0.15) is 45.1 Å². The summed E-state index contributed by atoms with van der Waals surface area (Å²) >= 11 is 6.93. The molecule has 2 aromatic carbocycles. The molecule has 214 valence electrons. The fourth-order valence-corrected chi connectivity index (χ4v) is 8.84. The lowest BCUT2D eigenvalue weighted by Crippen LogP contribution is -2.48. The molecule has 1 amide bonds. The van der Waals surface area contributed by atoms with Crippen molar-refractivity contribution in [2.24, 2.45) is 0 Å². The Hall–Kier alpha value is -2.83. The summed E-state index contributed by atoms with van der Waals surface area (Å²) in [7, 11) is -3.75. The molecule has 3 aliphatic rings. The molecule has 3 aromatic rings.